The Hall–Kier alpha value is -1.89. The molecule has 1 saturated heterocycles. The molecule has 2 aliphatic rings. The zero-order valence-corrected chi connectivity index (χ0v) is 16.5. The van der Waals surface area contributed by atoms with Crippen molar-refractivity contribution in [1.29, 1.82) is 0 Å². The molecule has 1 aliphatic heterocycles. The molecule has 2 aromatic heterocycles. The first-order valence-electron chi connectivity index (χ1n) is 10.2. The number of hydrogen-bond donors (Lipinski definition) is 1. The van der Waals surface area contributed by atoms with E-state index in [-0.39, 0.29) is 5.69 Å². The normalized spacial score (nSPS) is 19.0. The molecule has 0 bridgehead atoms. The molecular formula is C20H28N4O2S. The van der Waals surface area contributed by atoms with Crippen LogP contribution in [0.2, 0.25) is 0 Å². The number of carbonyl (C=O) groups is 1. The molecule has 3 heterocycles. The van der Waals surface area contributed by atoms with Crippen molar-refractivity contribution in [3.8, 4) is 5.00 Å². The Morgan fingerprint density at radius 1 is 1.19 bits per heavy atom. The number of amides is 1. The Kier molecular flexibility index (Phi) is 5.76. The lowest BCUT2D eigenvalue weighted by Gasteiger charge is -2.32. The van der Waals surface area contributed by atoms with Crippen LogP contribution in [-0.4, -0.2) is 38.7 Å². The van der Waals surface area contributed by atoms with Gasteiger partial charge < -0.3 is 4.90 Å². The molecule has 1 saturated carbocycles. The molecule has 1 aliphatic carbocycles. The van der Waals surface area contributed by atoms with Crippen molar-refractivity contribution in [3.05, 3.63) is 33.8 Å². The van der Waals surface area contributed by atoms with Crippen molar-refractivity contribution >= 4 is 17.2 Å². The summed E-state index contributed by atoms with van der Waals surface area (Å²) in [6.45, 7) is 1.67. The molecule has 1 N–H and O–H groups in total. The van der Waals surface area contributed by atoms with Gasteiger partial charge >= 0.3 is 5.69 Å². The number of carbonyl (C=O) groups excluding carboxylic acids is 1. The third-order valence-corrected chi connectivity index (χ3v) is 7.00. The van der Waals surface area contributed by atoms with Crippen molar-refractivity contribution < 1.29 is 4.79 Å². The zero-order valence-electron chi connectivity index (χ0n) is 15.7. The Bertz CT molecular complexity index is 796. The Balaban J connectivity index is 1.29. The topological polar surface area (TPSA) is 71.0 Å². The fourth-order valence-corrected chi connectivity index (χ4v) is 5.27. The van der Waals surface area contributed by atoms with E-state index in [1.165, 1.54) is 25.7 Å². The van der Waals surface area contributed by atoms with Crippen molar-refractivity contribution in [2.75, 3.05) is 13.1 Å². The van der Waals surface area contributed by atoms with Crippen LogP contribution in [-0.2, 0) is 11.2 Å². The molecule has 0 spiro atoms. The summed E-state index contributed by atoms with van der Waals surface area (Å²) in [5, 5.41) is 9.70. The first-order chi connectivity index (χ1) is 13.2. The maximum Gasteiger partial charge on any atom is 0.348 e. The molecule has 4 rings (SSSR count). The van der Waals surface area contributed by atoms with E-state index in [1.54, 1.807) is 15.9 Å². The molecule has 146 valence electrons. The maximum absolute atomic E-state index is 12.5. The van der Waals surface area contributed by atoms with Gasteiger partial charge in [-0.3, -0.25) is 4.79 Å². The Morgan fingerprint density at radius 3 is 2.67 bits per heavy atom. The van der Waals surface area contributed by atoms with Crippen molar-refractivity contribution in [2.24, 2.45) is 11.8 Å². The van der Waals surface area contributed by atoms with Gasteiger partial charge in [0.25, 0.3) is 0 Å². The number of nitrogens with zero attached hydrogens (tertiary/aromatic N) is 3. The van der Waals surface area contributed by atoms with E-state index in [2.05, 4.69) is 10.2 Å². The number of hydrogen-bond acceptors (Lipinski definition) is 4. The summed E-state index contributed by atoms with van der Waals surface area (Å²) in [5.41, 5.74) is -0.174. The van der Waals surface area contributed by atoms with E-state index in [9.17, 15) is 9.59 Å². The van der Waals surface area contributed by atoms with Crippen LogP contribution in [0.3, 0.4) is 0 Å². The number of rotatable bonds is 6. The average molecular weight is 389 g/mol. The smallest absolute Gasteiger partial charge is 0.343 e. The molecule has 2 fully saturated rings. The quantitative estimate of drug-likeness (QED) is 0.825. The number of H-pyrrole nitrogens is 1. The van der Waals surface area contributed by atoms with Crippen LogP contribution >= 0.6 is 11.3 Å². The summed E-state index contributed by atoms with van der Waals surface area (Å²) in [6.07, 6.45) is 9.84. The molecule has 0 radical (unpaired) electrons. The van der Waals surface area contributed by atoms with Crippen LogP contribution < -0.4 is 5.69 Å². The highest BCUT2D eigenvalue weighted by atomic mass is 32.1. The molecule has 0 unspecified atom stereocenters. The predicted octanol–water partition coefficient (Wildman–Crippen LogP) is 3.37. The number of aromatic nitrogens is 3. The molecule has 7 heteroatoms. The van der Waals surface area contributed by atoms with Crippen molar-refractivity contribution in [3.63, 3.8) is 0 Å². The summed E-state index contributed by atoms with van der Waals surface area (Å²) in [4.78, 5) is 26.6. The van der Waals surface area contributed by atoms with Crippen LogP contribution in [0.5, 0.6) is 0 Å². The average Bonchev–Trinajstić information content (AvgIpc) is 3.43. The molecule has 1 amide bonds. The highest BCUT2D eigenvalue weighted by molar-refractivity contribution is 7.12. The van der Waals surface area contributed by atoms with Gasteiger partial charge in [-0.25, -0.2) is 14.5 Å². The van der Waals surface area contributed by atoms with Crippen LogP contribution in [0, 0.1) is 11.8 Å². The van der Waals surface area contributed by atoms with Crippen molar-refractivity contribution in [2.45, 2.75) is 57.8 Å². The molecular weight excluding hydrogens is 360 g/mol. The number of aromatic amines is 1. The molecule has 0 atom stereocenters. The third kappa shape index (κ3) is 4.34. The van der Waals surface area contributed by atoms with E-state index in [4.69, 9.17) is 0 Å². The van der Waals surface area contributed by atoms with Gasteiger partial charge in [0, 0.05) is 25.9 Å². The minimum absolute atomic E-state index is 0.174. The first kappa shape index (κ1) is 18.5. The monoisotopic (exact) mass is 388 g/mol. The minimum atomic E-state index is -0.174. The Labute approximate surface area is 163 Å². The fraction of sp³-hybridized carbons (Fsp3) is 0.650. The predicted molar refractivity (Wildman–Crippen MR) is 106 cm³/mol. The van der Waals surface area contributed by atoms with Gasteiger partial charge in [0.2, 0.25) is 5.91 Å². The highest BCUT2D eigenvalue weighted by Gasteiger charge is 2.26. The lowest BCUT2D eigenvalue weighted by molar-refractivity contribution is -0.132. The summed E-state index contributed by atoms with van der Waals surface area (Å²) in [5.74, 6) is 2.38. The van der Waals surface area contributed by atoms with E-state index >= 15 is 0 Å². The second-order valence-corrected chi connectivity index (χ2v) is 8.88. The summed E-state index contributed by atoms with van der Waals surface area (Å²) in [7, 11) is 0. The Morgan fingerprint density at radius 2 is 1.96 bits per heavy atom. The molecule has 6 nitrogen and oxygen atoms in total. The van der Waals surface area contributed by atoms with Crippen LogP contribution in [0.15, 0.2) is 22.3 Å². The first-order valence-corrected chi connectivity index (χ1v) is 11.1. The highest BCUT2D eigenvalue weighted by Crippen LogP contribution is 2.29. The van der Waals surface area contributed by atoms with E-state index in [1.807, 2.05) is 22.4 Å². The van der Waals surface area contributed by atoms with Gasteiger partial charge in [0.15, 0.2) is 0 Å². The van der Waals surface area contributed by atoms with E-state index < -0.39 is 0 Å². The summed E-state index contributed by atoms with van der Waals surface area (Å²) in [6, 6.07) is 3.88. The lowest BCUT2D eigenvalue weighted by atomic mass is 9.92. The van der Waals surface area contributed by atoms with Gasteiger partial charge in [0.1, 0.15) is 10.8 Å². The lowest BCUT2D eigenvalue weighted by Crippen LogP contribution is -2.39. The largest absolute Gasteiger partial charge is 0.348 e. The van der Waals surface area contributed by atoms with Crippen LogP contribution in [0.1, 0.15) is 57.2 Å². The SMILES string of the molecule is O=C(CCC1CCCC1)N1CCC(Cc2n[nH]c(=O)n2-c2cccs2)CC1. The van der Waals surface area contributed by atoms with Gasteiger partial charge in [-0.1, -0.05) is 25.7 Å². The van der Waals surface area contributed by atoms with E-state index in [0.29, 0.717) is 18.2 Å². The van der Waals surface area contributed by atoms with Crippen molar-refractivity contribution in [1.82, 2.24) is 19.7 Å². The van der Waals surface area contributed by atoms with Gasteiger partial charge in [-0.15, -0.1) is 11.3 Å². The van der Waals surface area contributed by atoms with Crippen LogP contribution in [0.25, 0.3) is 5.00 Å². The van der Waals surface area contributed by atoms with Gasteiger partial charge in [0.05, 0.1) is 0 Å². The number of likely N-dealkylation sites (tertiary alicyclic amines) is 1. The number of piperidine rings is 1. The van der Waals surface area contributed by atoms with E-state index in [0.717, 1.165) is 55.5 Å². The standard InChI is InChI=1S/C20H28N4O2S/c25-18(8-7-15-4-1-2-5-15)23-11-9-16(10-12-23)14-17-21-22-20(26)24(17)19-6-3-13-27-19/h3,6,13,15-16H,1-2,4-5,7-12,14H2,(H,22,26). The van der Waals surface area contributed by atoms with Gasteiger partial charge in [-0.05, 0) is 48.6 Å². The molecule has 0 aromatic carbocycles. The second kappa shape index (κ2) is 8.42. The second-order valence-electron chi connectivity index (χ2n) is 7.95. The summed E-state index contributed by atoms with van der Waals surface area (Å²) >= 11 is 1.54. The minimum Gasteiger partial charge on any atom is -0.343 e. The van der Waals surface area contributed by atoms with Gasteiger partial charge in [-0.2, -0.15) is 5.10 Å². The zero-order chi connectivity index (χ0) is 18.6. The van der Waals surface area contributed by atoms with Crippen LogP contribution in [0.4, 0.5) is 0 Å². The maximum atomic E-state index is 12.5. The number of nitrogens with one attached hydrogen (secondary N) is 1. The third-order valence-electron chi connectivity index (χ3n) is 6.15. The molecule has 27 heavy (non-hydrogen) atoms. The summed E-state index contributed by atoms with van der Waals surface area (Å²) < 4.78 is 1.68. The number of thiophene rings is 1. The molecule has 2 aromatic rings. The fourth-order valence-electron chi connectivity index (χ4n) is 4.52.